The van der Waals surface area contributed by atoms with E-state index >= 15 is 0 Å². The first kappa shape index (κ1) is 11.6. The maximum absolute atomic E-state index is 11.0. The SMILES string of the molecule is C/C(CS)=C(/CS)C(=O)OC=O. The van der Waals surface area contributed by atoms with E-state index in [0.29, 0.717) is 11.3 Å². The van der Waals surface area contributed by atoms with E-state index in [1.165, 1.54) is 0 Å². The Hall–Kier alpha value is -0.420. The fraction of sp³-hybridized carbons (Fsp3) is 0.429. The molecule has 0 aliphatic carbocycles. The molecule has 12 heavy (non-hydrogen) atoms. The molecule has 0 aromatic carbocycles. The lowest BCUT2D eigenvalue weighted by atomic mass is 10.2. The van der Waals surface area contributed by atoms with E-state index in [1.807, 2.05) is 0 Å². The third-order valence-corrected chi connectivity index (χ3v) is 2.10. The molecule has 0 radical (unpaired) electrons. The molecule has 0 atom stereocenters. The topological polar surface area (TPSA) is 43.4 Å². The van der Waals surface area contributed by atoms with Crippen LogP contribution in [0.5, 0.6) is 0 Å². The molecule has 0 aromatic heterocycles. The minimum absolute atomic E-state index is 0.109. The van der Waals surface area contributed by atoms with Crippen LogP contribution in [0.2, 0.25) is 0 Å². The van der Waals surface area contributed by atoms with Gasteiger partial charge in [-0.3, -0.25) is 4.79 Å². The largest absolute Gasteiger partial charge is 0.392 e. The Kier molecular flexibility index (Phi) is 5.92. The van der Waals surface area contributed by atoms with Gasteiger partial charge in [-0.15, -0.1) is 0 Å². The molecule has 0 saturated heterocycles. The van der Waals surface area contributed by atoms with Crippen molar-refractivity contribution in [2.45, 2.75) is 6.92 Å². The summed E-state index contributed by atoms with van der Waals surface area (Å²) in [6.45, 7) is 1.85. The van der Waals surface area contributed by atoms with Crippen LogP contribution in [0.1, 0.15) is 6.92 Å². The van der Waals surface area contributed by atoms with Gasteiger partial charge in [0.05, 0.1) is 0 Å². The van der Waals surface area contributed by atoms with Gasteiger partial charge < -0.3 is 4.74 Å². The molecule has 0 heterocycles. The predicted molar refractivity (Wildman–Crippen MR) is 52.6 cm³/mol. The summed E-state index contributed by atoms with van der Waals surface area (Å²) < 4.78 is 4.16. The van der Waals surface area contributed by atoms with Crippen molar-refractivity contribution in [1.29, 1.82) is 0 Å². The molecule has 0 N–H and O–H groups in total. The maximum atomic E-state index is 11.0. The van der Waals surface area contributed by atoms with Crippen LogP contribution in [0.15, 0.2) is 11.1 Å². The summed E-state index contributed by atoms with van der Waals surface area (Å²) in [5, 5.41) is 0. The molecule has 0 saturated carbocycles. The highest BCUT2D eigenvalue weighted by Crippen LogP contribution is 2.09. The van der Waals surface area contributed by atoms with E-state index in [-0.39, 0.29) is 12.2 Å². The van der Waals surface area contributed by atoms with E-state index in [2.05, 4.69) is 30.0 Å². The van der Waals surface area contributed by atoms with E-state index in [9.17, 15) is 9.59 Å². The van der Waals surface area contributed by atoms with Crippen molar-refractivity contribution in [3.8, 4) is 0 Å². The van der Waals surface area contributed by atoms with Gasteiger partial charge in [-0.25, -0.2) is 4.79 Å². The highest BCUT2D eigenvalue weighted by atomic mass is 32.1. The fourth-order valence-electron chi connectivity index (χ4n) is 0.584. The molecule has 0 amide bonds. The second kappa shape index (κ2) is 6.14. The highest BCUT2D eigenvalue weighted by Gasteiger charge is 2.11. The highest BCUT2D eigenvalue weighted by molar-refractivity contribution is 7.80. The number of thiol groups is 2. The number of rotatable bonds is 4. The van der Waals surface area contributed by atoms with Crippen LogP contribution in [-0.4, -0.2) is 23.9 Å². The van der Waals surface area contributed by atoms with Gasteiger partial charge in [0.1, 0.15) is 0 Å². The summed E-state index contributed by atoms with van der Waals surface area (Å²) in [7, 11) is 0. The van der Waals surface area contributed by atoms with Crippen LogP contribution < -0.4 is 0 Å². The Labute approximate surface area is 82.0 Å². The summed E-state index contributed by atoms with van der Waals surface area (Å²) in [4.78, 5) is 20.8. The number of esters is 1. The fourth-order valence-corrected chi connectivity index (χ4v) is 1.17. The zero-order valence-electron chi connectivity index (χ0n) is 6.61. The van der Waals surface area contributed by atoms with Gasteiger partial charge in [0.25, 0.3) is 0 Å². The molecule has 0 unspecified atom stereocenters. The lowest BCUT2D eigenvalue weighted by Crippen LogP contribution is -2.10. The van der Waals surface area contributed by atoms with E-state index in [0.717, 1.165) is 5.57 Å². The molecule has 68 valence electrons. The summed E-state index contributed by atoms with van der Waals surface area (Å²) in [6, 6.07) is 0. The summed E-state index contributed by atoms with van der Waals surface area (Å²) in [5.41, 5.74) is 1.15. The summed E-state index contributed by atoms with van der Waals surface area (Å²) in [5.74, 6) is 0.0506. The van der Waals surface area contributed by atoms with Crippen molar-refractivity contribution >= 4 is 37.7 Å². The van der Waals surface area contributed by atoms with Gasteiger partial charge in [0, 0.05) is 17.1 Å². The Balaban J connectivity index is 4.54. The number of carbonyl (C=O) groups is 2. The molecule has 0 spiro atoms. The van der Waals surface area contributed by atoms with Crippen molar-refractivity contribution in [2.75, 3.05) is 11.5 Å². The molecule has 0 aliphatic rings. The lowest BCUT2D eigenvalue weighted by molar-refractivity contribution is -0.148. The van der Waals surface area contributed by atoms with E-state index in [1.54, 1.807) is 6.92 Å². The van der Waals surface area contributed by atoms with Gasteiger partial charge in [-0.05, 0) is 6.92 Å². The van der Waals surface area contributed by atoms with Gasteiger partial charge in [-0.2, -0.15) is 25.3 Å². The summed E-state index contributed by atoms with van der Waals surface area (Å²) >= 11 is 7.92. The predicted octanol–water partition coefficient (Wildman–Crippen LogP) is 0.862. The van der Waals surface area contributed by atoms with Crippen molar-refractivity contribution in [2.24, 2.45) is 0 Å². The average molecular weight is 206 g/mol. The first-order valence-electron chi connectivity index (χ1n) is 3.22. The zero-order valence-corrected chi connectivity index (χ0v) is 8.40. The Morgan fingerprint density at radius 2 is 2.00 bits per heavy atom. The van der Waals surface area contributed by atoms with Gasteiger partial charge in [0.2, 0.25) is 0 Å². The number of ether oxygens (including phenoxy) is 1. The van der Waals surface area contributed by atoms with Crippen LogP contribution in [0, 0.1) is 0 Å². The van der Waals surface area contributed by atoms with Crippen LogP contribution in [0.4, 0.5) is 0 Å². The molecule has 0 aromatic rings. The molecule has 5 heteroatoms. The molecule has 0 bridgehead atoms. The van der Waals surface area contributed by atoms with Gasteiger partial charge >= 0.3 is 12.4 Å². The second-order valence-corrected chi connectivity index (χ2v) is 2.71. The van der Waals surface area contributed by atoms with Crippen molar-refractivity contribution in [3.05, 3.63) is 11.1 Å². The first-order chi connectivity index (χ1) is 5.67. The Bertz CT molecular complexity index is 211. The van der Waals surface area contributed by atoms with Crippen LogP contribution >= 0.6 is 25.3 Å². The zero-order chi connectivity index (χ0) is 9.56. The third kappa shape index (κ3) is 3.32. The van der Waals surface area contributed by atoms with Crippen molar-refractivity contribution < 1.29 is 14.3 Å². The number of hydrogen-bond donors (Lipinski definition) is 2. The van der Waals surface area contributed by atoms with Crippen molar-refractivity contribution in [3.63, 3.8) is 0 Å². The average Bonchev–Trinajstić information content (AvgIpc) is 2.06. The minimum Gasteiger partial charge on any atom is -0.392 e. The molecule has 0 fully saturated rings. The molecular formula is C7H10O3S2. The van der Waals surface area contributed by atoms with Gasteiger partial charge in [0.15, 0.2) is 0 Å². The Morgan fingerprint density at radius 3 is 2.33 bits per heavy atom. The minimum atomic E-state index is -0.647. The lowest BCUT2D eigenvalue weighted by Gasteiger charge is -2.03. The van der Waals surface area contributed by atoms with Crippen molar-refractivity contribution in [1.82, 2.24) is 0 Å². The summed E-state index contributed by atoms with van der Waals surface area (Å²) in [6.07, 6.45) is 0. The van der Waals surface area contributed by atoms with Crippen LogP contribution in [-0.2, 0) is 14.3 Å². The number of carbonyl (C=O) groups excluding carboxylic acids is 2. The normalized spacial score (nSPS) is 11.9. The monoisotopic (exact) mass is 206 g/mol. The van der Waals surface area contributed by atoms with Crippen LogP contribution in [0.3, 0.4) is 0 Å². The van der Waals surface area contributed by atoms with Gasteiger partial charge in [-0.1, -0.05) is 5.57 Å². The first-order valence-corrected chi connectivity index (χ1v) is 4.48. The van der Waals surface area contributed by atoms with E-state index < -0.39 is 5.97 Å². The quantitative estimate of drug-likeness (QED) is 0.236. The number of hydrogen-bond acceptors (Lipinski definition) is 5. The molecule has 0 aliphatic heterocycles. The van der Waals surface area contributed by atoms with Crippen LogP contribution in [0.25, 0.3) is 0 Å². The maximum Gasteiger partial charge on any atom is 0.342 e. The molecule has 0 rings (SSSR count). The smallest absolute Gasteiger partial charge is 0.342 e. The third-order valence-electron chi connectivity index (χ3n) is 1.31. The van der Waals surface area contributed by atoms with E-state index in [4.69, 9.17) is 0 Å². The molecular weight excluding hydrogens is 196 g/mol. The standard InChI is InChI=1S/C7H10O3S2/c1-5(2-11)6(3-12)7(9)10-4-8/h4,11-12H,2-3H2,1H3/b6-5+. The Morgan fingerprint density at radius 1 is 1.42 bits per heavy atom. The second-order valence-electron chi connectivity index (χ2n) is 2.08. The molecule has 3 nitrogen and oxygen atoms in total.